The molecule has 0 aliphatic rings. The minimum Gasteiger partial charge on any atom is -0.462 e. The molecule has 9 nitrogen and oxygen atoms in total. The van der Waals surface area contributed by atoms with Crippen molar-refractivity contribution in [3.8, 4) is 0 Å². The van der Waals surface area contributed by atoms with Crippen LogP contribution < -0.4 is 10.6 Å². The number of benzene rings is 2. The van der Waals surface area contributed by atoms with E-state index in [2.05, 4.69) is 20.6 Å². The Morgan fingerprint density at radius 3 is 2.33 bits per heavy atom. The maximum Gasteiger partial charge on any atom is 0.417 e. The maximum absolute atomic E-state index is 13.1. The molecule has 33 heavy (non-hydrogen) atoms. The minimum atomic E-state index is -4.72. The van der Waals surface area contributed by atoms with E-state index in [0.29, 0.717) is 11.8 Å². The number of alkyl halides is 3. The normalized spacial score (nSPS) is 11.1. The zero-order valence-electron chi connectivity index (χ0n) is 16.8. The number of aromatic nitrogens is 2. The van der Waals surface area contributed by atoms with Gasteiger partial charge in [0.1, 0.15) is 6.33 Å². The number of ether oxygens (including phenoxy) is 1. The minimum absolute atomic E-state index is 0.121. The van der Waals surface area contributed by atoms with E-state index < -0.39 is 33.3 Å². The molecule has 2 aromatic carbocycles. The number of halogens is 4. The number of carbonyl (C=O) groups excluding carboxylic acids is 1. The second kappa shape index (κ2) is 9.69. The quantitative estimate of drug-likeness (QED) is 0.250. The molecule has 2 N–H and O–H groups in total. The second-order valence-corrected chi connectivity index (χ2v) is 6.83. The number of esters is 1. The lowest BCUT2D eigenvalue weighted by molar-refractivity contribution is -0.383. The summed E-state index contributed by atoms with van der Waals surface area (Å²) in [6.45, 7) is 1.82. The molecule has 0 amide bonds. The zero-order chi connectivity index (χ0) is 24.2. The Morgan fingerprint density at radius 2 is 1.76 bits per heavy atom. The second-order valence-electron chi connectivity index (χ2n) is 6.42. The van der Waals surface area contributed by atoms with E-state index in [0.717, 1.165) is 12.4 Å². The first kappa shape index (κ1) is 23.7. The van der Waals surface area contributed by atoms with Crippen molar-refractivity contribution in [2.75, 3.05) is 17.2 Å². The van der Waals surface area contributed by atoms with Crippen molar-refractivity contribution in [3.63, 3.8) is 0 Å². The average molecular weight is 482 g/mol. The summed E-state index contributed by atoms with van der Waals surface area (Å²) in [5, 5.41) is 16.4. The SMILES string of the molecule is CCOC(=O)c1cccc(Nc2ncnc(Nc3ccc(Cl)c(C(F)(F)F)c3)c2[N+](=O)[O-])c1. The summed E-state index contributed by atoms with van der Waals surface area (Å²) in [4.78, 5) is 30.5. The molecule has 0 aliphatic heterocycles. The highest BCUT2D eigenvalue weighted by Crippen LogP contribution is 2.38. The summed E-state index contributed by atoms with van der Waals surface area (Å²) in [7, 11) is 0. The third kappa shape index (κ3) is 5.66. The Morgan fingerprint density at radius 1 is 1.12 bits per heavy atom. The first-order chi connectivity index (χ1) is 15.6. The number of nitrogens with one attached hydrogen (secondary N) is 2. The van der Waals surface area contributed by atoms with Gasteiger partial charge in [0.2, 0.25) is 11.6 Å². The van der Waals surface area contributed by atoms with Gasteiger partial charge in [0.05, 0.1) is 27.7 Å². The number of rotatable bonds is 7. The van der Waals surface area contributed by atoms with E-state index >= 15 is 0 Å². The van der Waals surface area contributed by atoms with Crippen molar-refractivity contribution in [1.29, 1.82) is 0 Å². The summed E-state index contributed by atoms with van der Waals surface area (Å²) in [6, 6.07) is 8.93. The first-order valence-electron chi connectivity index (χ1n) is 9.27. The summed E-state index contributed by atoms with van der Waals surface area (Å²) in [6.07, 6.45) is -3.73. The van der Waals surface area contributed by atoms with Gasteiger partial charge in [-0.2, -0.15) is 13.2 Å². The van der Waals surface area contributed by atoms with Crippen molar-refractivity contribution < 1.29 is 27.6 Å². The van der Waals surface area contributed by atoms with Crippen LogP contribution in [-0.2, 0) is 10.9 Å². The van der Waals surface area contributed by atoms with Gasteiger partial charge < -0.3 is 15.4 Å². The van der Waals surface area contributed by atoms with Gasteiger partial charge in [-0.15, -0.1) is 0 Å². The molecule has 3 rings (SSSR count). The highest BCUT2D eigenvalue weighted by atomic mass is 35.5. The van der Waals surface area contributed by atoms with E-state index in [-0.39, 0.29) is 29.5 Å². The molecule has 13 heteroatoms. The van der Waals surface area contributed by atoms with Crippen LogP contribution in [-0.4, -0.2) is 27.5 Å². The fourth-order valence-electron chi connectivity index (χ4n) is 2.77. The fourth-order valence-corrected chi connectivity index (χ4v) is 2.99. The van der Waals surface area contributed by atoms with E-state index in [4.69, 9.17) is 16.3 Å². The zero-order valence-corrected chi connectivity index (χ0v) is 17.6. The Hall–Kier alpha value is -3.93. The Kier molecular flexibility index (Phi) is 6.97. The molecular weight excluding hydrogens is 467 g/mol. The van der Waals surface area contributed by atoms with Crippen molar-refractivity contribution >= 4 is 46.3 Å². The standard InChI is InChI=1S/C20H15ClF3N5O4/c1-2-33-19(30)11-4-3-5-12(8-11)27-17-16(29(31)32)18(26-10-25-17)28-13-6-7-15(21)14(9-13)20(22,23)24/h3-10H,2H2,1H3,(H2,25,26,27,28). The molecule has 0 bridgehead atoms. The molecule has 0 saturated heterocycles. The van der Waals surface area contributed by atoms with Gasteiger partial charge in [0.25, 0.3) is 0 Å². The van der Waals surface area contributed by atoms with E-state index in [1.807, 2.05) is 0 Å². The van der Waals surface area contributed by atoms with E-state index in [1.54, 1.807) is 6.92 Å². The van der Waals surface area contributed by atoms with Crippen molar-refractivity contribution in [2.24, 2.45) is 0 Å². The van der Waals surface area contributed by atoms with Crippen molar-refractivity contribution in [1.82, 2.24) is 9.97 Å². The number of anilines is 4. The molecule has 0 radical (unpaired) electrons. The maximum atomic E-state index is 13.1. The third-order valence-corrected chi connectivity index (χ3v) is 4.51. The number of carbonyl (C=O) groups is 1. The van der Waals surface area contributed by atoms with Crippen LogP contribution in [0.1, 0.15) is 22.8 Å². The van der Waals surface area contributed by atoms with Crippen LogP contribution in [0.15, 0.2) is 48.8 Å². The summed E-state index contributed by atoms with van der Waals surface area (Å²) >= 11 is 5.61. The fraction of sp³-hybridized carbons (Fsp3) is 0.150. The molecule has 0 aliphatic carbocycles. The average Bonchev–Trinajstić information content (AvgIpc) is 2.74. The summed E-state index contributed by atoms with van der Waals surface area (Å²) in [5.74, 6) is -1.18. The monoisotopic (exact) mass is 481 g/mol. The van der Waals surface area contributed by atoms with Crippen molar-refractivity contribution in [2.45, 2.75) is 13.1 Å². The molecular formula is C20H15ClF3N5O4. The van der Waals surface area contributed by atoms with Crippen LogP contribution in [0.25, 0.3) is 0 Å². The lowest BCUT2D eigenvalue weighted by atomic mass is 10.2. The summed E-state index contributed by atoms with van der Waals surface area (Å²) < 4.78 is 44.3. The highest BCUT2D eigenvalue weighted by Gasteiger charge is 2.33. The molecule has 1 heterocycles. The Labute approximate surface area is 189 Å². The molecule has 0 atom stereocenters. The molecule has 0 spiro atoms. The molecule has 172 valence electrons. The predicted molar refractivity (Wildman–Crippen MR) is 114 cm³/mol. The van der Waals surface area contributed by atoms with Crippen LogP contribution >= 0.6 is 11.6 Å². The number of hydrogen-bond donors (Lipinski definition) is 2. The lowest BCUT2D eigenvalue weighted by Crippen LogP contribution is -2.08. The topological polar surface area (TPSA) is 119 Å². The Bertz CT molecular complexity index is 1210. The van der Waals surface area contributed by atoms with Gasteiger partial charge in [-0.3, -0.25) is 10.1 Å². The predicted octanol–water partition coefficient (Wildman–Crippen LogP) is 5.72. The number of nitro groups is 1. The van der Waals surface area contributed by atoms with Gasteiger partial charge in [0, 0.05) is 11.4 Å². The number of nitrogens with zero attached hydrogens (tertiary/aromatic N) is 3. The Balaban J connectivity index is 1.96. The van der Waals surface area contributed by atoms with Gasteiger partial charge in [0.15, 0.2) is 0 Å². The summed E-state index contributed by atoms with van der Waals surface area (Å²) in [5.41, 5.74) is -1.36. The molecule has 0 unspecified atom stereocenters. The van der Waals surface area contributed by atoms with Crippen LogP contribution in [0.2, 0.25) is 5.02 Å². The van der Waals surface area contributed by atoms with Gasteiger partial charge in [-0.1, -0.05) is 17.7 Å². The molecule has 0 saturated carbocycles. The van der Waals surface area contributed by atoms with Crippen LogP contribution in [0.5, 0.6) is 0 Å². The third-order valence-electron chi connectivity index (χ3n) is 4.18. The van der Waals surface area contributed by atoms with E-state index in [9.17, 15) is 28.1 Å². The van der Waals surface area contributed by atoms with E-state index in [1.165, 1.54) is 30.3 Å². The first-order valence-corrected chi connectivity index (χ1v) is 9.65. The smallest absolute Gasteiger partial charge is 0.417 e. The van der Waals surface area contributed by atoms with Gasteiger partial charge >= 0.3 is 17.8 Å². The molecule has 1 aromatic heterocycles. The highest BCUT2D eigenvalue weighted by molar-refractivity contribution is 6.31. The molecule has 3 aromatic rings. The van der Waals surface area contributed by atoms with Gasteiger partial charge in [-0.05, 0) is 43.3 Å². The number of hydrogen-bond acceptors (Lipinski definition) is 8. The van der Waals surface area contributed by atoms with Gasteiger partial charge in [-0.25, -0.2) is 14.8 Å². The van der Waals surface area contributed by atoms with Crippen LogP contribution in [0.4, 0.5) is 41.9 Å². The lowest BCUT2D eigenvalue weighted by Gasteiger charge is -2.13. The van der Waals surface area contributed by atoms with Crippen LogP contribution in [0.3, 0.4) is 0 Å². The van der Waals surface area contributed by atoms with Crippen LogP contribution in [0, 0.1) is 10.1 Å². The largest absolute Gasteiger partial charge is 0.462 e. The molecule has 0 fully saturated rings. The van der Waals surface area contributed by atoms with Crippen molar-refractivity contribution in [3.05, 3.63) is 75.1 Å².